The van der Waals surface area contributed by atoms with E-state index in [1.54, 1.807) is 30.3 Å². The Balaban J connectivity index is 2.03. The Morgan fingerprint density at radius 1 is 0.950 bits per heavy atom. The molecule has 2 N–H and O–H groups in total. The van der Waals surface area contributed by atoms with E-state index in [4.69, 9.17) is 0 Å². The highest BCUT2D eigenvalue weighted by atomic mass is 19.3. The van der Waals surface area contributed by atoms with E-state index >= 15 is 0 Å². The van der Waals surface area contributed by atoms with Gasteiger partial charge >= 0.3 is 0 Å². The van der Waals surface area contributed by atoms with Crippen LogP contribution in [0.3, 0.4) is 0 Å². The van der Waals surface area contributed by atoms with Gasteiger partial charge in [0.1, 0.15) is 0 Å². The maximum atomic E-state index is 14.0. The van der Waals surface area contributed by atoms with Gasteiger partial charge < -0.3 is 10.4 Å². The van der Waals surface area contributed by atoms with Crippen molar-refractivity contribution in [1.82, 2.24) is 5.32 Å². The van der Waals surface area contributed by atoms with Gasteiger partial charge in [0.15, 0.2) is 0 Å². The molecule has 106 valence electrons. The van der Waals surface area contributed by atoms with Crippen molar-refractivity contribution < 1.29 is 13.9 Å². The predicted octanol–water partition coefficient (Wildman–Crippen LogP) is 3.10. The van der Waals surface area contributed by atoms with Crippen LogP contribution in [0.2, 0.25) is 0 Å². The fourth-order valence-corrected chi connectivity index (χ4v) is 2.01. The number of benzene rings is 2. The second-order valence-corrected chi connectivity index (χ2v) is 4.60. The zero-order valence-electron chi connectivity index (χ0n) is 11.0. The Bertz CT molecular complexity index is 517. The molecule has 20 heavy (non-hydrogen) atoms. The molecule has 0 fully saturated rings. The molecule has 2 rings (SSSR count). The molecule has 0 aliphatic rings. The van der Waals surface area contributed by atoms with Crippen molar-refractivity contribution in [2.45, 2.75) is 12.0 Å². The van der Waals surface area contributed by atoms with Crippen LogP contribution in [-0.2, 0) is 5.92 Å². The van der Waals surface area contributed by atoms with Crippen LogP contribution in [0.4, 0.5) is 8.78 Å². The SMILES string of the molecule is OCC(NCC(F)(F)c1ccccc1)c1ccccc1. The van der Waals surface area contributed by atoms with Crippen molar-refractivity contribution in [2.24, 2.45) is 0 Å². The Hall–Kier alpha value is -1.78. The van der Waals surface area contributed by atoms with E-state index in [0.717, 1.165) is 5.56 Å². The van der Waals surface area contributed by atoms with E-state index in [1.807, 2.05) is 18.2 Å². The van der Waals surface area contributed by atoms with Crippen molar-refractivity contribution in [3.05, 3.63) is 71.8 Å². The van der Waals surface area contributed by atoms with Crippen LogP contribution in [-0.4, -0.2) is 18.3 Å². The molecule has 0 aliphatic carbocycles. The van der Waals surface area contributed by atoms with Gasteiger partial charge in [-0.25, -0.2) is 0 Å². The van der Waals surface area contributed by atoms with Crippen molar-refractivity contribution in [3.8, 4) is 0 Å². The molecule has 0 saturated carbocycles. The largest absolute Gasteiger partial charge is 0.394 e. The Labute approximate surface area is 117 Å². The number of aliphatic hydroxyl groups excluding tert-OH is 1. The third-order valence-electron chi connectivity index (χ3n) is 3.15. The van der Waals surface area contributed by atoms with Gasteiger partial charge in [0, 0.05) is 5.56 Å². The first-order valence-corrected chi connectivity index (χ1v) is 6.46. The molecule has 2 aromatic carbocycles. The zero-order chi connectivity index (χ0) is 14.4. The fourth-order valence-electron chi connectivity index (χ4n) is 2.01. The van der Waals surface area contributed by atoms with Crippen molar-refractivity contribution >= 4 is 0 Å². The zero-order valence-corrected chi connectivity index (χ0v) is 11.0. The summed E-state index contributed by atoms with van der Waals surface area (Å²) in [5.74, 6) is -2.97. The number of hydrogen-bond donors (Lipinski definition) is 2. The van der Waals surface area contributed by atoms with E-state index < -0.39 is 18.5 Å². The first kappa shape index (κ1) is 14.6. The van der Waals surface area contributed by atoms with Crippen LogP contribution < -0.4 is 5.32 Å². The summed E-state index contributed by atoms with van der Waals surface area (Å²) in [6, 6.07) is 16.3. The summed E-state index contributed by atoms with van der Waals surface area (Å²) in [4.78, 5) is 0. The van der Waals surface area contributed by atoms with Crippen molar-refractivity contribution in [3.63, 3.8) is 0 Å². The number of halogens is 2. The molecule has 0 radical (unpaired) electrons. The van der Waals surface area contributed by atoms with E-state index in [0.29, 0.717) is 0 Å². The smallest absolute Gasteiger partial charge is 0.285 e. The second-order valence-electron chi connectivity index (χ2n) is 4.60. The number of rotatable bonds is 6. The van der Waals surface area contributed by atoms with E-state index in [-0.39, 0.29) is 12.2 Å². The summed E-state index contributed by atoms with van der Waals surface area (Å²) in [6.45, 7) is -0.744. The average Bonchev–Trinajstić information content (AvgIpc) is 2.50. The molecular formula is C16H17F2NO. The summed E-state index contributed by atoms with van der Waals surface area (Å²) in [6.07, 6.45) is 0. The van der Waals surface area contributed by atoms with Gasteiger partial charge in [-0.2, -0.15) is 8.78 Å². The van der Waals surface area contributed by atoms with Gasteiger partial charge in [-0.1, -0.05) is 60.7 Å². The molecule has 0 aliphatic heterocycles. The molecule has 1 unspecified atom stereocenters. The molecule has 1 atom stereocenters. The lowest BCUT2D eigenvalue weighted by molar-refractivity contribution is -0.00747. The topological polar surface area (TPSA) is 32.3 Å². The minimum absolute atomic E-state index is 0.0303. The molecule has 2 nitrogen and oxygen atoms in total. The first-order valence-electron chi connectivity index (χ1n) is 6.46. The van der Waals surface area contributed by atoms with Crippen molar-refractivity contribution in [1.29, 1.82) is 0 Å². The highest BCUT2D eigenvalue weighted by molar-refractivity contribution is 5.22. The fraction of sp³-hybridized carbons (Fsp3) is 0.250. The Morgan fingerprint density at radius 2 is 1.50 bits per heavy atom. The Morgan fingerprint density at radius 3 is 2.05 bits per heavy atom. The quantitative estimate of drug-likeness (QED) is 0.850. The Kier molecular flexibility index (Phi) is 4.82. The molecule has 0 spiro atoms. The predicted molar refractivity (Wildman–Crippen MR) is 74.6 cm³/mol. The summed E-state index contributed by atoms with van der Waals surface area (Å²) < 4.78 is 28.0. The van der Waals surface area contributed by atoms with E-state index in [9.17, 15) is 13.9 Å². The molecule has 0 amide bonds. The summed E-state index contributed by atoms with van der Waals surface area (Å²) in [5.41, 5.74) is 0.760. The van der Waals surface area contributed by atoms with Crippen LogP contribution >= 0.6 is 0 Å². The van der Waals surface area contributed by atoms with Gasteiger partial charge in [0.2, 0.25) is 0 Å². The van der Waals surface area contributed by atoms with E-state index in [1.165, 1.54) is 12.1 Å². The molecular weight excluding hydrogens is 260 g/mol. The highest BCUT2D eigenvalue weighted by Crippen LogP contribution is 2.27. The lowest BCUT2D eigenvalue weighted by atomic mass is 10.1. The lowest BCUT2D eigenvalue weighted by Gasteiger charge is -2.22. The molecule has 0 heterocycles. The number of nitrogens with one attached hydrogen (secondary N) is 1. The third kappa shape index (κ3) is 3.62. The van der Waals surface area contributed by atoms with Crippen molar-refractivity contribution in [2.75, 3.05) is 13.2 Å². The van der Waals surface area contributed by atoms with Gasteiger partial charge in [0.05, 0.1) is 19.2 Å². The summed E-state index contributed by atoms with van der Waals surface area (Å²) in [5, 5.41) is 12.1. The first-order chi connectivity index (χ1) is 9.63. The van der Waals surface area contributed by atoms with Gasteiger partial charge in [-0.3, -0.25) is 0 Å². The maximum Gasteiger partial charge on any atom is 0.285 e. The van der Waals surface area contributed by atoms with Gasteiger partial charge in [-0.05, 0) is 5.56 Å². The number of hydrogen-bond acceptors (Lipinski definition) is 2. The van der Waals surface area contributed by atoms with Crippen LogP contribution in [0.25, 0.3) is 0 Å². The van der Waals surface area contributed by atoms with Gasteiger partial charge in [0.25, 0.3) is 5.92 Å². The number of alkyl halides is 2. The molecule has 0 saturated heterocycles. The minimum Gasteiger partial charge on any atom is -0.394 e. The van der Waals surface area contributed by atoms with Crippen LogP contribution in [0.15, 0.2) is 60.7 Å². The molecule has 0 aromatic heterocycles. The average molecular weight is 277 g/mol. The van der Waals surface area contributed by atoms with E-state index in [2.05, 4.69) is 5.32 Å². The summed E-state index contributed by atoms with van der Waals surface area (Å²) >= 11 is 0. The maximum absolute atomic E-state index is 14.0. The van der Waals surface area contributed by atoms with Crippen LogP contribution in [0, 0.1) is 0 Å². The summed E-state index contributed by atoms with van der Waals surface area (Å²) in [7, 11) is 0. The molecule has 2 aromatic rings. The lowest BCUT2D eigenvalue weighted by Crippen LogP contribution is -2.34. The third-order valence-corrected chi connectivity index (χ3v) is 3.15. The normalized spacial score (nSPS) is 13.2. The monoisotopic (exact) mass is 277 g/mol. The standard InChI is InChI=1S/C16H17F2NO/c17-16(18,14-9-5-2-6-10-14)12-19-15(11-20)13-7-3-1-4-8-13/h1-10,15,19-20H,11-12H2. The highest BCUT2D eigenvalue weighted by Gasteiger charge is 2.31. The number of aliphatic hydroxyl groups is 1. The molecule has 4 heteroatoms. The second kappa shape index (κ2) is 6.59. The van der Waals surface area contributed by atoms with Gasteiger partial charge in [-0.15, -0.1) is 0 Å². The van der Waals surface area contributed by atoms with Crippen LogP contribution in [0.1, 0.15) is 17.2 Å². The molecule has 0 bridgehead atoms. The minimum atomic E-state index is -2.97. The van der Waals surface area contributed by atoms with Crippen LogP contribution in [0.5, 0.6) is 0 Å².